The Balaban J connectivity index is 2.39. The topological polar surface area (TPSA) is 185 Å². The fourth-order valence-corrected chi connectivity index (χ4v) is 3.03. The Morgan fingerprint density at radius 2 is 1.66 bits per heavy atom. The summed E-state index contributed by atoms with van der Waals surface area (Å²) in [6.45, 7) is 1.67. The molecule has 0 aromatic heterocycles. The second-order valence-corrected chi connectivity index (χ2v) is 6.63. The maximum Gasteiger partial charge on any atom is 0.306 e. The Morgan fingerprint density at radius 1 is 1.03 bits per heavy atom. The molecule has 0 fully saturated rings. The lowest BCUT2D eigenvalue weighted by atomic mass is 9.87. The molecule has 0 radical (unpaired) electrons. The zero-order valence-corrected chi connectivity index (χ0v) is 16.9. The summed E-state index contributed by atoms with van der Waals surface area (Å²) >= 11 is 0. The van der Waals surface area contributed by atoms with E-state index in [1.165, 1.54) is 42.5 Å². The van der Waals surface area contributed by atoms with Crippen molar-refractivity contribution in [1.82, 2.24) is 5.32 Å². The predicted octanol–water partition coefficient (Wildman–Crippen LogP) is 1.82. The van der Waals surface area contributed by atoms with Crippen LogP contribution in [0, 0.1) is 20.2 Å². The molecule has 0 bridgehead atoms. The van der Waals surface area contributed by atoms with Gasteiger partial charge in [-0.2, -0.15) is 0 Å². The summed E-state index contributed by atoms with van der Waals surface area (Å²) in [7, 11) is 0. The summed E-state index contributed by atoms with van der Waals surface area (Å²) in [6, 6.07) is 8.50. The molecular formula is C20H20N4O8. The maximum atomic E-state index is 12.7. The molecule has 0 spiro atoms. The lowest BCUT2D eigenvalue weighted by Gasteiger charge is -2.25. The van der Waals surface area contributed by atoms with E-state index in [0.717, 1.165) is 6.07 Å². The van der Waals surface area contributed by atoms with Crippen molar-refractivity contribution >= 4 is 29.2 Å². The van der Waals surface area contributed by atoms with Gasteiger partial charge in [-0.05, 0) is 18.6 Å². The van der Waals surface area contributed by atoms with E-state index in [-0.39, 0.29) is 30.0 Å². The maximum absolute atomic E-state index is 12.7. The smallest absolute Gasteiger partial charge is 0.306 e. The molecule has 2 atom stereocenters. The molecule has 0 saturated heterocycles. The molecule has 32 heavy (non-hydrogen) atoms. The lowest BCUT2D eigenvalue weighted by molar-refractivity contribution is -0.385. The second-order valence-electron chi connectivity index (χ2n) is 6.63. The molecule has 2 rings (SSSR count). The minimum atomic E-state index is -1.41. The van der Waals surface area contributed by atoms with Gasteiger partial charge in [0.2, 0.25) is 5.91 Å². The van der Waals surface area contributed by atoms with Gasteiger partial charge in [0.25, 0.3) is 17.3 Å². The second kappa shape index (κ2) is 10.6. The molecular weight excluding hydrogens is 424 g/mol. The molecule has 0 unspecified atom stereocenters. The first-order valence-electron chi connectivity index (χ1n) is 9.38. The molecule has 0 aliphatic heterocycles. The highest BCUT2D eigenvalue weighted by Crippen LogP contribution is 2.27. The molecule has 12 nitrogen and oxygen atoms in total. The van der Waals surface area contributed by atoms with Crippen LogP contribution in [-0.4, -0.2) is 40.3 Å². The first-order chi connectivity index (χ1) is 15.1. The molecule has 0 heterocycles. The highest BCUT2D eigenvalue weighted by Gasteiger charge is 2.32. The van der Waals surface area contributed by atoms with Crippen molar-refractivity contribution in [2.45, 2.75) is 25.3 Å². The molecule has 168 valence electrons. The molecule has 0 saturated carbocycles. The Kier molecular flexibility index (Phi) is 7.93. The van der Waals surface area contributed by atoms with Crippen LogP contribution >= 0.6 is 0 Å². The SMILES string of the molecule is CCOC(=O)C[C@H](c1ccc([N+](=O)[O-])cc1)[C@@H](NC(=O)c1cccc([N+](=O)[O-])c1)C(N)=O. The number of nitro groups is 2. The molecule has 3 N–H and O–H groups in total. The number of non-ortho nitro benzene ring substituents is 2. The highest BCUT2D eigenvalue weighted by atomic mass is 16.6. The number of amides is 2. The van der Waals surface area contributed by atoms with Gasteiger partial charge in [0.05, 0.1) is 22.9 Å². The van der Waals surface area contributed by atoms with Gasteiger partial charge in [0.1, 0.15) is 6.04 Å². The fraction of sp³-hybridized carbons (Fsp3) is 0.250. The number of benzene rings is 2. The first-order valence-corrected chi connectivity index (χ1v) is 9.38. The van der Waals surface area contributed by atoms with Crippen molar-refractivity contribution in [1.29, 1.82) is 0 Å². The summed E-state index contributed by atoms with van der Waals surface area (Å²) in [5, 5.41) is 24.3. The summed E-state index contributed by atoms with van der Waals surface area (Å²) in [5.74, 6) is -3.48. The van der Waals surface area contributed by atoms with Crippen LogP contribution in [0.3, 0.4) is 0 Å². The van der Waals surface area contributed by atoms with Gasteiger partial charge in [-0.1, -0.05) is 18.2 Å². The molecule has 2 amide bonds. The van der Waals surface area contributed by atoms with E-state index < -0.39 is 39.6 Å². The number of primary amides is 1. The highest BCUT2D eigenvalue weighted by molar-refractivity contribution is 5.98. The standard InChI is InChI=1S/C20H20N4O8/c1-2-32-17(25)11-16(12-6-8-14(9-7-12)23(28)29)18(19(21)26)22-20(27)13-4-3-5-15(10-13)24(30)31/h3-10,16,18H,2,11H2,1H3,(H2,21,26)(H,22,27)/t16-,18-/m1/s1. The molecule has 2 aromatic carbocycles. The van der Waals surface area contributed by atoms with Crippen LogP contribution in [0.1, 0.15) is 35.2 Å². The molecule has 0 aliphatic carbocycles. The van der Waals surface area contributed by atoms with Gasteiger partial charge >= 0.3 is 5.97 Å². The van der Waals surface area contributed by atoms with E-state index in [1.54, 1.807) is 6.92 Å². The molecule has 2 aromatic rings. The number of hydrogen-bond donors (Lipinski definition) is 2. The Bertz CT molecular complexity index is 1040. The summed E-state index contributed by atoms with van der Waals surface area (Å²) in [4.78, 5) is 57.6. The normalized spacial score (nSPS) is 12.3. The number of nitrogens with zero attached hydrogens (tertiary/aromatic N) is 2. The third kappa shape index (κ3) is 6.08. The van der Waals surface area contributed by atoms with Gasteiger partial charge in [-0.3, -0.25) is 34.6 Å². The fourth-order valence-electron chi connectivity index (χ4n) is 3.03. The molecule has 12 heteroatoms. The van der Waals surface area contributed by atoms with Crippen LogP contribution in [0.4, 0.5) is 11.4 Å². The quantitative estimate of drug-likeness (QED) is 0.315. The van der Waals surface area contributed by atoms with Crippen molar-refractivity contribution in [2.75, 3.05) is 6.61 Å². The largest absolute Gasteiger partial charge is 0.466 e. The minimum absolute atomic E-state index is 0.0765. The van der Waals surface area contributed by atoms with Crippen molar-refractivity contribution in [3.05, 3.63) is 79.9 Å². The number of esters is 1. The van der Waals surface area contributed by atoms with Gasteiger partial charge < -0.3 is 15.8 Å². The zero-order valence-electron chi connectivity index (χ0n) is 16.9. The number of nitro benzene ring substituents is 2. The zero-order chi connectivity index (χ0) is 23.8. The van der Waals surface area contributed by atoms with E-state index in [0.29, 0.717) is 5.56 Å². The number of hydrogen-bond acceptors (Lipinski definition) is 8. The van der Waals surface area contributed by atoms with E-state index in [9.17, 15) is 34.6 Å². The number of nitrogens with one attached hydrogen (secondary N) is 1. The Morgan fingerprint density at radius 3 is 2.19 bits per heavy atom. The number of ether oxygens (including phenoxy) is 1. The molecule has 0 aliphatic rings. The van der Waals surface area contributed by atoms with Crippen LogP contribution in [0.25, 0.3) is 0 Å². The van der Waals surface area contributed by atoms with Crippen molar-refractivity contribution in [3.63, 3.8) is 0 Å². The first kappa shape index (κ1) is 23.9. The van der Waals surface area contributed by atoms with Crippen molar-refractivity contribution in [3.8, 4) is 0 Å². The van der Waals surface area contributed by atoms with Crippen LogP contribution in [-0.2, 0) is 14.3 Å². The van der Waals surface area contributed by atoms with Gasteiger partial charge in [0, 0.05) is 35.7 Å². The summed E-state index contributed by atoms with van der Waals surface area (Å²) < 4.78 is 4.93. The van der Waals surface area contributed by atoms with Gasteiger partial charge in [-0.25, -0.2) is 0 Å². The number of carbonyl (C=O) groups is 3. The van der Waals surface area contributed by atoms with Gasteiger partial charge in [-0.15, -0.1) is 0 Å². The van der Waals surface area contributed by atoms with Crippen LogP contribution in [0.15, 0.2) is 48.5 Å². The van der Waals surface area contributed by atoms with Crippen LogP contribution < -0.4 is 11.1 Å². The third-order valence-electron chi connectivity index (χ3n) is 4.54. The number of nitrogens with two attached hydrogens (primary N) is 1. The lowest BCUT2D eigenvalue weighted by Crippen LogP contribution is -2.48. The van der Waals surface area contributed by atoms with Crippen molar-refractivity contribution < 1.29 is 29.0 Å². The number of carbonyl (C=O) groups excluding carboxylic acids is 3. The van der Waals surface area contributed by atoms with E-state index >= 15 is 0 Å². The third-order valence-corrected chi connectivity index (χ3v) is 4.54. The van der Waals surface area contributed by atoms with Crippen LogP contribution in [0.5, 0.6) is 0 Å². The van der Waals surface area contributed by atoms with Crippen molar-refractivity contribution in [2.24, 2.45) is 5.73 Å². The number of rotatable bonds is 10. The summed E-state index contributed by atoms with van der Waals surface area (Å²) in [5.41, 5.74) is 5.18. The Hall–Kier alpha value is -4.35. The summed E-state index contributed by atoms with van der Waals surface area (Å²) in [6.07, 6.45) is -0.353. The minimum Gasteiger partial charge on any atom is -0.466 e. The monoisotopic (exact) mass is 444 g/mol. The van der Waals surface area contributed by atoms with Gasteiger partial charge in [0.15, 0.2) is 0 Å². The predicted molar refractivity (Wildman–Crippen MR) is 111 cm³/mol. The Labute approximate surface area is 181 Å². The van der Waals surface area contributed by atoms with E-state index in [1.807, 2.05) is 0 Å². The van der Waals surface area contributed by atoms with Crippen LogP contribution in [0.2, 0.25) is 0 Å². The average Bonchev–Trinajstić information content (AvgIpc) is 2.76. The van der Waals surface area contributed by atoms with E-state index in [2.05, 4.69) is 5.32 Å². The average molecular weight is 444 g/mol. The van der Waals surface area contributed by atoms with E-state index in [4.69, 9.17) is 10.5 Å².